The zero-order chi connectivity index (χ0) is 19.9. The summed E-state index contributed by atoms with van der Waals surface area (Å²) in [5.41, 5.74) is 4.18. The topological polar surface area (TPSA) is 63.2 Å². The van der Waals surface area contributed by atoms with Crippen molar-refractivity contribution in [2.45, 2.75) is 26.7 Å². The summed E-state index contributed by atoms with van der Waals surface area (Å²) in [6.07, 6.45) is 1.67. The molecule has 1 amide bonds. The summed E-state index contributed by atoms with van der Waals surface area (Å²) in [4.78, 5) is 16.7. The Bertz CT molecular complexity index is 919. The number of nitrogens with zero attached hydrogens (tertiary/aromatic N) is 1. The second-order valence-electron chi connectivity index (χ2n) is 6.71. The lowest BCUT2D eigenvalue weighted by molar-refractivity contribution is 0.102. The molecule has 0 unspecified atom stereocenters. The van der Waals surface area contributed by atoms with Crippen LogP contribution in [0.25, 0.3) is 0 Å². The lowest BCUT2D eigenvalue weighted by atomic mass is 10.0. The molecular weight excluding hydrogens is 350 g/mol. The lowest BCUT2D eigenvalue weighted by Crippen LogP contribution is -2.13. The zero-order valence-corrected chi connectivity index (χ0v) is 16.4. The molecule has 0 aliphatic rings. The van der Waals surface area contributed by atoms with Crippen LogP contribution in [-0.2, 0) is 0 Å². The van der Waals surface area contributed by atoms with Crippen molar-refractivity contribution in [3.05, 3.63) is 78.1 Å². The van der Waals surface area contributed by atoms with Crippen LogP contribution in [0.5, 0.6) is 5.75 Å². The van der Waals surface area contributed by atoms with Gasteiger partial charge in [0.15, 0.2) is 0 Å². The highest BCUT2D eigenvalue weighted by Gasteiger charge is 2.09. The Morgan fingerprint density at radius 3 is 2.36 bits per heavy atom. The molecule has 5 heteroatoms. The third-order valence-corrected chi connectivity index (χ3v) is 4.28. The van der Waals surface area contributed by atoms with Crippen LogP contribution in [0.3, 0.4) is 0 Å². The fourth-order valence-electron chi connectivity index (χ4n) is 2.87. The number of hydrogen-bond acceptors (Lipinski definition) is 4. The number of carbonyl (C=O) groups is 1. The molecule has 2 N–H and O–H groups in total. The molecule has 0 bridgehead atoms. The Labute approximate surface area is 165 Å². The first kappa shape index (κ1) is 19.4. The van der Waals surface area contributed by atoms with Crippen molar-refractivity contribution in [1.29, 1.82) is 0 Å². The van der Waals surface area contributed by atoms with Gasteiger partial charge >= 0.3 is 0 Å². The minimum Gasteiger partial charge on any atom is -0.494 e. The zero-order valence-electron chi connectivity index (χ0n) is 16.4. The predicted octanol–water partition coefficient (Wildman–Crippen LogP) is 5.60. The Kier molecular flexibility index (Phi) is 6.27. The molecule has 0 fully saturated rings. The van der Waals surface area contributed by atoms with Gasteiger partial charge in [0.1, 0.15) is 11.4 Å². The summed E-state index contributed by atoms with van der Waals surface area (Å²) < 4.78 is 5.40. The maximum Gasteiger partial charge on any atom is 0.274 e. The van der Waals surface area contributed by atoms with E-state index in [9.17, 15) is 4.79 Å². The highest BCUT2D eigenvalue weighted by Crippen LogP contribution is 2.26. The van der Waals surface area contributed by atoms with Crippen LogP contribution in [-0.4, -0.2) is 17.5 Å². The van der Waals surface area contributed by atoms with Crippen molar-refractivity contribution in [1.82, 2.24) is 4.98 Å². The second kappa shape index (κ2) is 9.04. The average molecular weight is 375 g/mol. The van der Waals surface area contributed by atoms with Crippen molar-refractivity contribution >= 4 is 23.0 Å². The predicted molar refractivity (Wildman–Crippen MR) is 114 cm³/mol. The molecule has 28 heavy (non-hydrogen) atoms. The summed E-state index contributed by atoms with van der Waals surface area (Å²) in [7, 11) is 0. The van der Waals surface area contributed by atoms with E-state index in [0.29, 0.717) is 23.9 Å². The summed E-state index contributed by atoms with van der Waals surface area (Å²) in [6, 6.07) is 19.0. The Morgan fingerprint density at radius 1 is 1.00 bits per heavy atom. The maximum atomic E-state index is 12.4. The Morgan fingerprint density at radius 2 is 1.71 bits per heavy atom. The first-order valence-electron chi connectivity index (χ1n) is 9.43. The molecule has 0 aliphatic heterocycles. The van der Waals surface area contributed by atoms with E-state index in [1.807, 2.05) is 55.5 Å². The summed E-state index contributed by atoms with van der Waals surface area (Å²) in [5, 5.41) is 6.22. The van der Waals surface area contributed by atoms with Crippen LogP contribution in [0.4, 0.5) is 17.1 Å². The van der Waals surface area contributed by atoms with E-state index in [4.69, 9.17) is 4.74 Å². The van der Waals surface area contributed by atoms with Gasteiger partial charge < -0.3 is 15.4 Å². The standard InChI is InChI=1S/C23H25N3O2/c1-4-28-19-12-9-17(10-13-19)26-23(27)22-14-11-18(15-24-22)25-21-8-6-5-7-20(21)16(2)3/h5-16,25H,4H2,1-3H3,(H,26,27). The minimum absolute atomic E-state index is 0.252. The normalized spacial score (nSPS) is 10.6. The van der Waals surface area contributed by atoms with Crippen LogP contribution in [0.1, 0.15) is 42.7 Å². The van der Waals surface area contributed by atoms with Crippen LogP contribution in [0.2, 0.25) is 0 Å². The van der Waals surface area contributed by atoms with Gasteiger partial charge in [-0.15, -0.1) is 0 Å². The molecule has 1 aromatic heterocycles. The van der Waals surface area contributed by atoms with Gasteiger partial charge in [-0.05, 0) is 60.9 Å². The van der Waals surface area contributed by atoms with Crippen LogP contribution >= 0.6 is 0 Å². The maximum absolute atomic E-state index is 12.4. The van der Waals surface area contributed by atoms with Gasteiger partial charge in [0.2, 0.25) is 0 Å². The summed E-state index contributed by atoms with van der Waals surface area (Å²) in [5.74, 6) is 0.935. The fraction of sp³-hybridized carbons (Fsp3) is 0.217. The Balaban J connectivity index is 1.66. The molecule has 1 heterocycles. The highest BCUT2D eigenvalue weighted by molar-refractivity contribution is 6.03. The molecule has 0 saturated carbocycles. The molecule has 3 rings (SSSR count). The van der Waals surface area contributed by atoms with Crippen LogP contribution < -0.4 is 15.4 Å². The largest absolute Gasteiger partial charge is 0.494 e. The van der Waals surface area contributed by atoms with E-state index in [1.54, 1.807) is 12.3 Å². The first-order chi connectivity index (χ1) is 13.6. The molecular formula is C23H25N3O2. The second-order valence-corrected chi connectivity index (χ2v) is 6.71. The van der Waals surface area contributed by atoms with E-state index in [1.165, 1.54) is 5.56 Å². The number of ether oxygens (including phenoxy) is 1. The van der Waals surface area contributed by atoms with Gasteiger partial charge in [-0.3, -0.25) is 4.79 Å². The number of carbonyl (C=O) groups excluding carboxylic acids is 1. The summed E-state index contributed by atoms with van der Waals surface area (Å²) >= 11 is 0. The number of amides is 1. The Hall–Kier alpha value is -3.34. The molecule has 0 saturated heterocycles. The molecule has 0 atom stereocenters. The van der Waals surface area contributed by atoms with Crippen molar-refractivity contribution in [3.8, 4) is 5.75 Å². The quantitative estimate of drug-likeness (QED) is 0.564. The first-order valence-corrected chi connectivity index (χ1v) is 9.43. The third-order valence-electron chi connectivity index (χ3n) is 4.28. The number of para-hydroxylation sites is 1. The number of nitrogens with one attached hydrogen (secondary N) is 2. The number of rotatable bonds is 7. The van der Waals surface area contributed by atoms with Crippen molar-refractivity contribution in [2.75, 3.05) is 17.2 Å². The van der Waals surface area contributed by atoms with Crippen LogP contribution in [0.15, 0.2) is 66.9 Å². The van der Waals surface area contributed by atoms with Crippen molar-refractivity contribution in [3.63, 3.8) is 0 Å². The molecule has 5 nitrogen and oxygen atoms in total. The van der Waals surface area contributed by atoms with Gasteiger partial charge in [-0.1, -0.05) is 32.0 Å². The average Bonchev–Trinajstić information content (AvgIpc) is 2.70. The van der Waals surface area contributed by atoms with Gasteiger partial charge in [0.05, 0.1) is 18.5 Å². The van der Waals surface area contributed by atoms with Crippen molar-refractivity contribution < 1.29 is 9.53 Å². The van der Waals surface area contributed by atoms with E-state index >= 15 is 0 Å². The van der Waals surface area contributed by atoms with Gasteiger partial charge in [0, 0.05) is 11.4 Å². The molecule has 0 spiro atoms. The third kappa shape index (κ3) is 4.88. The minimum atomic E-state index is -0.252. The smallest absolute Gasteiger partial charge is 0.274 e. The van der Waals surface area contributed by atoms with Gasteiger partial charge in [0.25, 0.3) is 5.91 Å². The van der Waals surface area contributed by atoms with E-state index in [-0.39, 0.29) is 5.91 Å². The van der Waals surface area contributed by atoms with Gasteiger partial charge in [-0.25, -0.2) is 4.98 Å². The molecule has 3 aromatic rings. The number of benzene rings is 2. The number of pyridine rings is 1. The molecule has 0 aliphatic carbocycles. The van der Waals surface area contributed by atoms with Gasteiger partial charge in [-0.2, -0.15) is 0 Å². The van der Waals surface area contributed by atoms with E-state index in [0.717, 1.165) is 17.1 Å². The lowest BCUT2D eigenvalue weighted by Gasteiger charge is -2.14. The monoisotopic (exact) mass is 375 g/mol. The number of anilines is 3. The molecule has 2 aromatic carbocycles. The summed E-state index contributed by atoms with van der Waals surface area (Å²) in [6.45, 7) is 6.86. The van der Waals surface area contributed by atoms with Crippen molar-refractivity contribution in [2.24, 2.45) is 0 Å². The number of hydrogen-bond donors (Lipinski definition) is 2. The van der Waals surface area contributed by atoms with Crippen LogP contribution in [0, 0.1) is 0 Å². The SMILES string of the molecule is CCOc1ccc(NC(=O)c2ccc(Nc3ccccc3C(C)C)cn2)cc1. The fourth-order valence-corrected chi connectivity index (χ4v) is 2.87. The van der Waals surface area contributed by atoms with E-state index < -0.39 is 0 Å². The van der Waals surface area contributed by atoms with E-state index in [2.05, 4.69) is 35.5 Å². The number of aromatic nitrogens is 1. The molecule has 144 valence electrons. The highest BCUT2D eigenvalue weighted by atomic mass is 16.5. The molecule has 0 radical (unpaired) electrons.